The summed E-state index contributed by atoms with van der Waals surface area (Å²) in [4.78, 5) is 2.54. The third-order valence-corrected chi connectivity index (χ3v) is 4.28. The van der Waals surface area contributed by atoms with Crippen LogP contribution in [0.3, 0.4) is 0 Å². The molecule has 1 aliphatic rings. The zero-order valence-electron chi connectivity index (χ0n) is 11.9. The Balaban J connectivity index is 2.02. The molecule has 0 aliphatic carbocycles. The van der Waals surface area contributed by atoms with Crippen LogP contribution in [0.15, 0.2) is 6.20 Å². The lowest BCUT2D eigenvalue weighted by atomic mass is 9.88. The van der Waals surface area contributed by atoms with Crippen molar-refractivity contribution in [1.29, 1.82) is 0 Å². The number of hydrogen-bond acceptors (Lipinski definition) is 3. The smallest absolute Gasteiger partial charge is 0.0638 e. The van der Waals surface area contributed by atoms with Gasteiger partial charge in [0, 0.05) is 37.9 Å². The van der Waals surface area contributed by atoms with Crippen LogP contribution < -0.4 is 5.73 Å². The largest absolute Gasteiger partial charge is 0.329 e. The Bertz CT molecular complexity index is 385. The number of nitrogens with zero attached hydrogens (tertiary/aromatic N) is 3. The predicted molar refractivity (Wildman–Crippen MR) is 74.2 cm³/mol. The lowest BCUT2D eigenvalue weighted by Gasteiger charge is -2.38. The lowest BCUT2D eigenvalue weighted by Crippen LogP contribution is -2.46. The van der Waals surface area contributed by atoms with Crippen molar-refractivity contribution in [2.75, 3.05) is 13.1 Å². The molecule has 2 heterocycles. The van der Waals surface area contributed by atoms with Crippen LogP contribution in [-0.2, 0) is 13.6 Å². The summed E-state index contributed by atoms with van der Waals surface area (Å²) in [5, 5.41) is 4.42. The molecule has 4 nitrogen and oxygen atoms in total. The normalized spacial score (nSPS) is 25.6. The van der Waals surface area contributed by atoms with Gasteiger partial charge in [0.25, 0.3) is 0 Å². The van der Waals surface area contributed by atoms with Gasteiger partial charge in [-0.25, -0.2) is 0 Å². The summed E-state index contributed by atoms with van der Waals surface area (Å²) in [7, 11) is 1.99. The van der Waals surface area contributed by atoms with Crippen LogP contribution in [0.5, 0.6) is 0 Å². The molecule has 0 aromatic carbocycles. The van der Waals surface area contributed by atoms with E-state index in [4.69, 9.17) is 5.73 Å². The molecule has 1 saturated heterocycles. The highest BCUT2D eigenvalue weighted by Gasteiger charge is 2.27. The number of nitrogens with two attached hydrogens (primary N) is 1. The molecule has 0 amide bonds. The maximum absolute atomic E-state index is 5.94. The van der Waals surface area contributed by atoms with Crippen LogP contribution in [-0.4, -0.2) is 33.8 Å². The minimum absolute atomic E-state index is 0.545. The molecular weight excluding hydrogens is 224 g/mol. The van der Waals surface area contributed by atoms with E-state index < -0.39 is 0 Å². The van der Waals surface area contributed by atoms with Crippen LogP contribution in [0.1, 0.15) is 37.4 Å². The molecule has 1 aromatic heterocycles. The zero-order valence-corrected chi connectivity index (χ0v) is 11.9. The maximum Gasteiger partial charge on any atom is 0.0638 e. The lowest BCUT2D eigenvalue weighted by molar-refractivity contribution is 0.107. The third kappa shape index (κ3) is 2.93. The summed E-state index contributed by atoms with van der Waals surface area (Å²) < 4.78 is 1.90. The minimum atomic E-state index is 0.545. The monoisotopic (exact) mass is 250 g/mol. The Morgan fingerprint density at radius 2 is 2.28 bits per heavy atom. The molecule has 0 radical (unpaired) electrons. The van der Waals surface area contributed by atoms with E-state index in [1.807, 2.05) is 11.7 Å². The summed E-state index contributed by atoms with van der Waals surface area (Å²) in [5.41, 5.74) is 8.43. The van der Waals surface area contributed by atoms with E-state index >= 15 is 0 Å². The number of likely N-dealkylation sites (tertiary alicyclic amines) is 1. The minimum Gasteiger partial charge on any atom is -0.329 e. The summed E-state index contributed by atoms with van der Waals surface area (Å²) in [5.74, 6) is 0.866. The average molecular weight is 250 g/mol. The third-order valence-electron chi connectivity index (χ3n) is 4.28. The average Bonchev–Trinajstić information content (AvgIpc) is 2.68. The second kappa shape index (κ2) is 5.85. The summed E-state index contributed by atoms with van der Waals surface area (Å²) in [6.07, 6.45) is 5.99. The second-order valence-electron chi connectivity index (χ2n) is 5.57. The molecule has 4 heteroatoms. The van der Waals surface area contributed by atoms with E-state index in [2.05, 4.69) is 30.0 Å². The number of rotatable bonds is 4. The fraction of sp³-hybridized carbons (Fsp3) is 0.786. The summed E-state index contributed by atoms with van der Waals surface area (Å²) >= 11 is 0. The topological polar surface area (TPSA) is 47.1 Å². The first-order chi connectivity index (χ1) is 8.63. The first-order valence-corrected chi connectivity index (χ1v) is 7.07. The van der Waals surface area contributed by atoms with Crippen molar-refractivity contribution in [3.8, 4) is 0 Å². The molecule has 0 spiro atoms. The van der Waals surface area contributed by atoms with Crippen LogP contribution in [0, 0.1) is 12.8 Å². The van der Waals surface area contributed by atoms with Gasteiger partial charge in [-0.05, 0) is 32.2 Å². The predicted octanol–water partition coefficient (Wildman–Crippen LogP) is 1.68. The van der Waals surface area contributed by atoms with Gasteiger partial charge in [-0.2, -0.15) is 5.10 Å². The first-order valence-electron chi connectivity index (χ1n) is 7.07. The summed E-state index contributed by atoms with van der Waals surface area (Å²) in [6, 6.07) is 0.545. The van der Waals surface area contributed by atoms with Crippen LogP contribution >= 0.6 is 0 Å². The van der Waals surface area contributed by atoms with Gasteiger partial charge in [0.1, 0.15) is 0 Å². The quantitative estimate of drug-likeness (QED) is 0.884. The Morgan fingerprint density at radius 3 is 2.83 bits per heavy atom. The SMILES string of the molecule is CCC1CCN(Cc2cn(C)nc2C)C(CN)C1. The second-order valence-corrected chi connectivity index (χ2v) is 5.57. The molecular formula is C14H26N4. The van der Waals surface area contributed by atoms with Crippen LogP contribution in [0.4, 0.5) is 0 Å². The molecule has 2 unspecified atom stereocenters. The van der Waals surface area contributed by atoms with Gasteiger partial charge in [-0.15, -0.1) is 0 Å². The van der Waals surface area contributed by atoms with E-state index in [0.717, 1.165) is 24.7 Å². The van der Waals surface area contributed by atoms with Crippen LogP contribution in [0.2, 0.25) is 0 Å². The number of aromatic nitrogens is 2. The maximum atomic E-state index is 5.94. The Kier molecular flexibility index (Phi) is 4.40. The van der Waals surface area contributed by atoms with E-state index in [1.165, 1.54) is 31.4 Å². The number of piperidine rings is 1. The van der Waals surface area contributed by atoms with Gasteiger partial charge < -0.3 is 5.73 Å². The fourth-order valence-electron chi connectivity index (χ4n) is 3.03. The van der Waals surface area contributed by atoms with Gasteiger partial charge in [-0.3, -0.25) is 9.58 Å². The molecule has 2 N–H and O–H groups in total. The van der Waals surface area contributed by atoms with Gasteiger partial charge in [0.05, 0.1) is 5.69 Å². The molecule has 0 bridgehead atoms. The Morgan fingerprint density at radius 1 is 1.50 bits per heavy atom. The number of aryl methyl sites for hydroxylation is 2. The standard InChI is InChI=1S/C14H26N4/c1-4-12-5-6-18(14(7-12)8-15)10-13-9-17(3)16-11(13)2/h9,12,14H,4-8,10,15H2,1-3H3. The fourth-order valence-corrected chi connectivity index (χ4v) is 3.03. The van der Waals surface area contributed by atoms with Crippen molar-refractivity contribution in [2.45, 2.75) is 45.7 Å². The van der Waals surface area contributed by atoms with Crippen molar-refractivity contribution in [3.63, 3.8) is 0 Å². The van der Waals surface area contributed by atoms with Gasteiger partial charge in [0.2, 0.25) is 0 Å². The molecule has 2 atom stereocenters. The Hall–Kier alpha value is -0.870. The summed E-state index contributed by atoms with van der Waals surface area (Å²) in [6.45, 7) is 7.33. The van der Waals surface area contributed by atoms with Crippen molar-refractivity contribution < 1.29 is 0 Å². The molecule has 1 fully saturated rings. The molecule has 2 rings (SSSR count). The molecule has 0 saturated carbocycles. The molecule has 18 heavy (non-hydrogen) atoms. The highest BCUT2D eigenvalue weighted by molar-refractivity contribution is 5.15. The highest BCUT2D eigenvalue weighted by Crippen LogP contribution is 2.26. The van der Waals surface area contributed by atoms with E-state index in [1.54, 1.807) is 0 Å². The van der Waals surface area contributed by atoms with Crippen molar-refractivity contribution in [1.82, 2.24) is 14.7 Å². The number of hydrogen-bond donors (Lipinski definition) is 1. The molecule has 1 aliphatic heterocycles. The van der Waals surface area contributed by atoms with E-state index in [9.17, 15) is 0 Å². The first kappa shape index (κ1) is 13.6. The molecule has 1 aromatic rings. The van der Waals surface area contributed by atoms with Crippen LogP contribution in [0.25, 0.3) is 0 Å². The Labute approximate surface area is 110 Å². The van der Waals surface area contributed by atoms with E-state index in [-0.39, 0.29) is 0 Å². The zero-order chi connectivity index (χ0) is 13.1. The van der Waals surface area contributed by atoms with Gasteiger partial charge >= 0.3 is 0 Å². The van der Waals surface area contributed by atoms with Gasteiger partial charge in [-0.1, -0.05) is 13.3 Å². The molecule has 102 valence electrons. The van der Waals surface area contributed by atoms with Gasteiger partial charge in [0.15, 0.2) is 0 Å². The van der Waals surface area contributed by atoms with Crippen molar-refractivity contribution in [2.24, 2.45) is 18.7 Å². The van der Waals surface area contributed by atoms with E-state index in [0.29, 0.717) is 6.04 Å². The highest BCUT2D eigenvalue weighted by atomic mass is 15.3. The van der Waals surface area contributed by atoms with Crippen molar-refractivity contribution in [3.05, 3.63) is 17.5 Å². The van der Waals surface area contributed by atoms with Crippen molar-refractivity contribution >= 4 is 0 Å².